The Hall–Kier alpha value is -5.06. The Morgan fingerprint density at radius 2 is 0.559 bits per heavy atom. The van der Waals surface area contributed by atoms with Crippen molar-refractivity contribution in [1.29, 1.82) is 0 Å². The van der Waals surface area contributed by atoms with Crippen molar-refractivity contribution in [3.63, 3.8) is 0 Å². The predicted octanol–water partition coefficient (Wildman–Crippen LogP) is 22.7. The molecule has 0 aromatic rings. The van der Waals surface area contributed by atoms with Gasteiger partial charge in [0.15, 0.2) is 12.2 Å². The van der Waals surface area contributed by atoms with Crippen LogP contribution in [-0.4, -0.2) is 96.7 Å². The second-order valence-electron chi connectivity index (χ2n) is 25.6. The van der Waals surface area contributed by atoms with Crippen LogP contribution in [0, 0.1) is 0 Å². The molecule has 3 N–H and O–H groups in total. The van der Waals surface area contributed by atoms with Gasteiger partial charge in [0.05, 0.1) is 26.4 Å². The number of aliphatic hydroxyl groups is 1. The molecule has 102 heavy (non-hydrogen) atoms. The quantitative estimate of drug-likeness (QED) is 0.0169. The van der Waals surface area contributed by atoms with Crippen molar-refractivity contribution >= 4 is 39.5 Å². The van der Waals surface area contributed by atoms with Gasteiger partial charge in [0.1, 0.15) is 19.3 Å². The molecule has 0 fully saturated rings. The molecule has 0 aromatic carbocycles. The van der Waals surface area contributed by atoms with Gasteiger partial charge in [0.2, 0.25) is 0 Å². The smallest absolute Gasteiger partial charge is 0.462 e. The average Bonchev–Trinajstić information content (AvgIpc) is 0.928. The highest BCUT2D eigenvalue weighted by Crippen LogP contribution is 2.45. The van der Waals surface area contributed by atoms with Gasteiger partial charge in [-0.25, -0.2) is 9.13 Å². The molecule has 19 heteroatoms. The Kier molecular flexibility index (Phi) is 70.5. The third-order valence-corrected chi connectivity index (χ3v) is 17.7. The Bertz CT molecular complexity index is 2510. The number of phosphoric acid groups is 2. The molecular weight excluding hydrogens is 1330 g/mol. The molecule has 0 amide bonds. The first kappa shape index (κ1) is 96.9. The number of hydrogen-bond acceptors (Lipinski definition) is 15. The first-order valence-corrected chi connectivity index (χ1v) is 42.1. The molecule has 17 nitrogen and oxygen atoms in total. The third kappa shape index (κ3) is 73.3. The number of carbonyl (C=O) groups excluding carboxylic acids is 4. The highest BCUT2D eigenvalue weighted by atomic mass is 31.2. The van der Waals surface area contributed by atoms with E-state index in [-0.39, 0.29) is 25.7 Å². The van der Waals surface area contributed by atoms with E-state index in [4.69, 9.17) is 37.0 Å². The molecule has 0 rings (SSSR count). The number of phosphoric ester groups is 2. The monoisotopic (exact) mass is 1470 g/mol. The highest BCUT2D eigenvalue weighted by Gasteiger charge is 2.30. The average molecular weight is 1470 g/mol. The Balaban J connectivity index is 5.39. The van der Waals surface area contributed by atoms with Crippen molar-refractivity contribution in [3.8, 4) is 0 Å². The van der Waals surface area contributed by atoms with E-state index in [0.29, 0.717) is 32.1 Å². The number of esters is 4. The van der Waals surface area contributed by atoms with Crippen molar-refractivity contribution in [2.24, 2.45) is 0 Å². The van der Waals surface area contributed by atoms with Crippen LogP contribution in [0.3, 0.4) is 0 Å². The normalized spacial score (nSPS) is 14.7. The molecule has 5 unspecified atom stereocenters. The van der Waals surface area contributed by atoms with Crippen LogP contribution in [0.25, 0.3) is 0 Å². The molecule has 0 spiro atoms. The topological polar surface area (TPSA) is 237 Å². The van der Waals surface area contributed by atoms with Gasteiger partial charge in [-0.3, -0.25) is 37.3 Å². The minimum absolute atomic E-state index is 0.0307. The summed E-state index contributed by atoms with van der Waals surface area (Å²) in [6.07, 6.45) is 84.3. The molecule has 5 atom stereocenters. The minimum atomic E-state index is -5.00. The minimum Gasteiger partial charge on any atom is -0.462 e. The lowest BCUT2D eigenvalue weighted by molar-refractivity contribution is -0.161. The van der Waals surface area contributed by atoms with Gasteiger partial charge >= 0.3 is 39.5 Å². The molecule has 0 aliphatic heterocycles. The Labute approximate surface area is 617 Å². The summed E-state index contributed by atoms with van der Waals surface area (Å²) in [7, 11) is -9.99. The summed E-state index contributed by atoms with van der Waals surface area (Å²) >= 11 is 0. The van der Waals surface area contributed by atoms with Crippen LogP contribution in [-0.2, 0) is 65.4 Å². The number of carbonyl (C=O) groups is 4. The third-order valence-electron chi connectivity index (χ3n) is 15.8. The summed E-state index contributed by atoms with van der Waals surface area (Å²) in [5, 5.41) is 10.6. The zero-order valence-electron chi connectivity index (χ0n) is 63.5. The summed E-state index contributed by atoms with van der Waals surface area (Å²) in [5.41, 5.74) is 0. The summed E-state index contributed by atoms with van der Waals surface area (Å²) in [4.78, 5) is 72.8. The molecule has 582 valence electrons. The lowest BCUT2D eigenvalue weighted by Gasteiger charge is -2.21. The number of unbranched alkanes of at least 4 members (excludes halogenated alkanes) is 22. The van der Waals surface area contributed by atoms with Gasteiger partial charge in [0, 0.05) is 25.7 Å². The van der Waals surface area contributed by atoms with Crippen LogP contribution in [0.15, 0.2) is 146 Å². The second kappa shape index (κ2) is 74.2. The second-order valence-corrected chi connectivity index (χ2v) is 28.5. The van der Waals surface area contributed by atoms with Gasteiger partial charge in [-0.05, 0) is 148 Å². The van der Waals surface area contributed by atoms with Gasteiger partial charge in [-0.1, -0.05) is 270 Å². The first-order chi connectivity index (χ1) is 49.7. The zero-order chi connectivity index (χ0) is 74.6. The number of aliphatic hydroxyl groups excluding tert-OH is 1. The summed E-state index contributed by atoms with van der Waals surface area (Å²) in [6.45, 7) is 4.49. The number of hydrogen-bond donors (Lipinski definition) is 3. The zero-order valence-corrected chi connectivity index (χ0v) is 65.3. The molecule has 0 aliphatic carbocycles. The fourth-order valence-corrected chi connectivity index (χ4v) is 11.4. The van der Waals surface area contributed by atoms with E-state index < -0.39 is 97.5 Å². The van der Waals surface area contributed by atoms with Gasteiger partial charge in [0.25, 0.3) is 0 Å². The predicted molar refractivity (Wildman–Crippen MR) is 417 cm³/mol. The maximum Gasteiger partial charge on any atom is 0.472 e. The molecule has 0 saturated heterocycles. The van der Waals surface area contributed by atoms with E-state index in [1.54, 1.807) is 0 Å². The van der Waals surface area contributed by atoms with Gasteiger partial charge < -0.3 is 33.8 Å². The van der Waals surface area contributed by atoms with Crippen molar-refractivity contribution < 1.29 is 80.2 Å². The van der Waals surface area contributed by atoms with Crippen LogP contribution in [0.2, 0.25) is 0 Å². The summed E-state index contributed by atoms with van der Waals surface area (Å²) in [5.74, 6) is -2.32. The Morgan fingerprint density at radius 1 is 0.284 bits per heavy atom. The molecule has 0 aromatic heterocycles. The maximum absolute atomic E-state index is 13.1. The van der Waals surface area contributed by atoms with Gasteiger partial charge in [-0.15, -0.1) is 0 Å². The van der Waals surface area contributed by atoms with E-state index in [9.17, 15) is 43.2 Å². The molecule has 0 radical (unpaired) electrons. The Morgan fingerprint density at radius 3 is 0.922 bits per heavy atom. The lowest BCUT2D eigenvalue weighted by Crippen LogP contribution is -2.30. The largest absolute Gasteiger partial charge is 0.472 e. The van der Waals surface area contributed by atoms with Crippen molar-refractivity contribution in [1.82, 2.24) is 0 Å². The van der Waals surface area contributed by atoms with Crippen LogP contribution in [0.4, 0.5) is 0 Å². The van der Waals surface area contributed by atoms with Crippen molar-refractivity contribution in [2.75, 3.05) is 39.6 Å². The summed E-state index contributed by atoms with van der Waals surface area (Å²) in [6, 6.07) is 0. The van der Waals surface area contributed by atoms with E-state index >= 15 is 0 Å². The van der Waals surface area contributed by atoms with Crippen LogP contribution < -0.4 is 0 Å². The standard InChI is InChI=1S/C83H138O17P2/c1-5-9-13-17-21-25-29-32-34-36-38-40-42-45-48-51-55-59-63-67-80(85)93-73-78(99-82(87)69-65-61-57-53-47-28-24-20-16-12-8-4)75-97-101(89,90)95-71-77(84)72-96-102(91,92)98-76-79(100-83(88)70-66-62-58-54-50-44-31-27-23-19-15-11-7-3)74-94-81(86)68-64-60-56-52-49-46-43-41-39-37-35-33-30-26-22-18-14-10-6-2/h9,13,15,19-22,24-27,31-35,38-41,45,48,55,59,77-79,84H,5-8,10-12,14,16-18,23,28-30,36-37,42-44,46-47,49-54,56-58,60-76H2,1-4H3,(H,89,90)(H,91,92)/b13-9-,19-15-,24-20-,25-21-,26-22-,31-27-,34-32-,35-33-,40-38-,41-39-,48-45-,59-55-. The van der Waals surface area contributed by atoms with Crippen LogP contribution in [0.1, 0.15) is 297 Å². The SMILES string of the molecule is CC/C=C\C/C=C\C/C=C\C/C=C\C/C=C\C/C=C\CCC(=O)OCC(COP(=O)(O)OCC(O)COP(=O)(O)OCC(COC(=O)CCCCCCCC/C=C\C/C=C\C/C=C\CCCCC)OC(=O)CCCCCCC/C=C\C/C=C\CCC)OC(=O)CCCCCCC/C=C\CCCC. The van der Waals surface area contributed by atoms with E-state index in [0.717, 1.165) is 180 Å². The van der Waals surface area contributed by atoms with Gasteiger partial charge in [-0.2, -0.15) is 0 Å². The van der Waals surface area contributed by atoms with Crippen molar-refractivity contribution in [3.05, 3.63) is 146 Å². The summed E-state index contributed by atoms with van der Waals surface area (Å²) < 4.78 is 68.4. The van der Waals surface area contributed by atoms with Crippen molar-refractivity contribution in [2.45, 2.75) is 316 Å². The molecule has 0 aliphatic rings. The number of rotatable bonds is 72. The van der Waals surface area contributed by atoms with Crippen LogP contribution >= 0.6 is 15.6 Å². The van der Waals surface area contributed by atoms with Crippen LogP contribution in [0.5, 0.6) is 0 Å². The highest BCUT2D eigenvalue weighted by molar-refractivity contribution is 7.47. The first-order valence-electron chi connectivity index (χ1n) is 39.1. The van der Waals surface area contributed by atoms with E-state index in [1.807, 2.05) is 18.2 Å². The molecule has 0 bridgehead atoms. The fraction of sp³-hybridized carbons (Fsp3) is 0.663. The lowest BCUT2D eigenvalue weighted by atomic mass is 10.1. The molecule has 0 heterocycles. The van der Waals surface area contributed by atoms with E-state index in [1.165, 1.54) is 32.1 Å². The van der Waals surface area contributed by atoms with E-state index in [2.05, 4.69) is 155 Å². The fourth-order valence-electron chi connectivity index (χ4n) is 9.80. The number of allylic oxidation sites excluding steroid dienone is 24. The maximum atomic E-state index is 13.1. The number of ether oxygens (including phenoxy) is 4. The molecule has 0 saturated carbocycles. The molecular formula is C83H138O17P2.